The molecule has 0 aliphatic carbocycles. The van der Waals surface area contributed by atoms with Gasteiger partial charge in [0.05, 0.1) is 17.3 Å². The molecule has 0 aliphatic heterocycles. The van der Waals surface area contributed by atoms with Crippen LogP contribution in [-0.2, 0) is 27.6 Å². The molecule has 3 aromatic rings. The number of carbonyl (C=O) groups is 3. The zero-order chi connectivity index (χ0) is 26.2. The van der Waals surface area contributed by atoms with E-state index >= 15 is 0 Å². The van der Waals surface area contributed by atoms with Gasteiger partial charge in [0.2, 0.25) is 6.73 Å². The van der Waals surface area contributed by atoms with Gasteiger partial charge in [-0.25, -0.2) is 14.2 Å². The third kappa shape index (κ3) is 6.96. The Kier molecular flexibility index (Phi) is 9.27. The number of hydrogen-bond acceptors (Lipinski definition) is 9. The summed E-state index contributed by atoms with van der Waals surface area (Å²) in [6.45, 7) is -0.478. The monoisotopic (exact) mass is 583 g/mol. The highest BCUT2D eigenvalue weighted by Crippen LogP contribution is 2.24. The van der Waals surface area contributed by atoms with Crippen LogP contribution >= 0.6 is 27.5 Å². The van der Waals surface area contributed by atoms with E-state index in [1.165, 1.54) is 19.3 Å². The van der Waals surface area contributed by atoms with Crippen LogP contribution in [-0.4, -0.2) is 58.6 Å². The van der Waals surface area contributed by atoms with Crippen LogP contribution in [0.4, 0.5) is 20.7 Å². The van der Waals surface area contributed by atoms with E-state index in [0.29, 0.717) is 5.56 Å². The van der Waals surface area contributed by atoms with Crippen LogP contribution in [0, 0.1) is 5.82 Å². The Morgan fingerprint density at radius 2 is 2.00 bits per heavy atom. The number of amides is 2. The smallest absolute Gasteiger partial charge is 0.417 e. The molecule has 0 saturated carbocycles. The Balaban J connectivity index is 1.62. The molecular formula is C21H20BrClFN7O5. The Bertz CT molecular complexity index is 1280. The molecule has 190 valence electrons. The number of ether oxygens (including phenoxy) is 2. The molecule has 15 heteroatoms. The molecular weight excluding hydrogens is 565 g/mol. The van der Waals surface area contributed by atoms with E-state index < -0.39 is 30.5 Å². The van der Waals surface area contributed by atoms with Crippen molar-refractivity contribution in [2.75, 3.05) is 30.9 Å². The molecule has 0 saturated heterocycles. The third-order valence-electron chi connectivity index (χ3n) is 4.48. The fourth-order valence-corrected chi connectivity index (χ4v) is 3.45. The third-order valence-corrected chi connectivity index (χ3v) is 5.33. The summed E-state index contributed by atoms with van der Waals surface area (Å²) in [6.07, 6.45) is 0.677. The number of hydrogen-bond donors (Lipinski definition) is 2. The molecule has 2 N–H and O–H groups in total. The van der Waals surface area contributed by atoms with E-state index in [9.17, 15) is 18.8 Å². The number of carbonyl (C=O) groups excluding carboxylic acids is 3. The lowest BCUT2D eigenvalue weighted by atomic mass is 10.2. The van der Waals surface area contributed by atoms with Gasteiger partial charge in [0, 0.05) is 18.8 Å². The second kappa shape index (κ2) is 12.4. The fraction of sp³-hybridized carbons (Fsp3) is 0.238. The predicted octanol–water partition coefficient (Wildman–Crippen LogP) is 2.97. The molecule has 2 aromatic heterocycles. The van der Waals surface area contributed by atoms with E-state index in [1.807, 2.05) is 0 Å². The highest BCUT2D eigenvalue weighted by Gasteiger charge is 2.21. The van der Waals surface area contributed by atoms with Crippen LogP contribution in [0.15, 0.2) is 41.1 Å². The average molecular weight is 585 g/mol. The van der Waals surface area contributed by atoms with Crippen LogP contribution in [0.3, 0.4) is 0 Å². The molecule has 3 rings (SSSR count). The second-order valence-electron chi connectivity index (χ2n) is 7.07. The van der Waals surface area contributed by atoms with Crippen molar-refractivity contribution in [1.82, 2.24) is 25.3 Å². The molecule has 0 unspecified atom stereocenters. The van der Waals surface area contributed by atoms with Gasteiger partial charge in [-0.3, -0.25) is 14.5 Å². The van der Waals surface area contributed by atoms with Crippen LogP contribution in [0.2, 0.25) is 5.02 Å². The fourth-order valence-electron chi connectivity index (χ4n) is 2.79. The summed E-state index contributed by atoms with van der Waals surface area (Å²) in [5, 5.41) is 13.2. The maximum Gasteiger partial charge on any atom is 0.417 e. The molecule has 0 fully saturated rings. The lowest BCUT2D eigenvalue weighted by Crippen LogP contribution is -2.30. The van der Waals surface area contributed by atoms with Crippen molar-refractivity contribution in [1.29, 1.82) is 0 Å². The highest BCUT2D eigenvalue weighted by molar-refractivity contribution is 9.10. The van der Waals surface area contributed by atoms with Crippen molar-refractivity contribution >= 4 is 57.0 Å². The minimum atomic E-state index is -0.797. The molecule has 2 heterocycles. The van der Waals surface area contributed by atoms with Gasteiger partial charge in [-0.2, -0.15) is 0 Å². The first-order valence-electron chi connectivity index (χ1n) is 10.2. The molecule has 1 aromatic carbocycles. The summed E-state index contributed by atoms with van der Waals surface area (Å²) in [5.74, 6) is -1.46. The van der Waals surface area contributed by atoms with Gasteiger partial charge < -0.3 is 20.1 Å². The average Bonchev–Trinajstić information content (AvgIpc) is 3.23. The second-order valence-corrected chi connectivity index (χ2v) is 8.22. The van der Waals surface area contributed by atoms with Crippen molar-refractivity contribution in [3.63, 3.8) is 0 Å². The molecule has 0 atom stereocenters. The lowest BCUT2D eigenvalue weighted by Gasteiger charge is -2.18. The van der Waals surface area contributed by atoms with E-state index in [2.05, 4.69) is 41.7 Å². The number of pyridine rings is 1. The Hall–Kier alpha value is -3.62. The molecule has 0 radical (unpaired) electrons. The number of benzene rings is 1. The normalized spacial score (nSPS) is 10.6. The zero-order valence-electron chi connectivity index (χ0n) is 19.0. The topological polar surface area (TPSA) is 141 Å². The molecule has 0 aliphatic rings. The minimum Gasteiger partial charge on any atom is -0.460 e. The van der Waals surface area contributed by atoms with Gasteiger partial charge in [-0.05, 0) is 47.2 Å². The largest absolute Gasteiger partial charge is 0.460 e. The summed E-state index contributed by atoms with van der Waals surface area (Å²) in [6, 6.07) is 6.80. The summed E-state index contributed by atoms with van der Waals surface area (Å²) in [4.78, 5) is 43.0. The van der Waals surface area contributed by atoms with Crippen LogP contribution < -0.4 is 15.5 Å². The van der Waals surface area contributed by atoms with Crippen LogP contribution in [0.5, 0.6) is 0 Å². The van der Waals surface area contributed by atoms with Gasteiger partial charge in [0.1, 0.15) is 18.2 Å². The zero-order valence-corrected chi connectivity index (χ0v) is 21.3. The number of aromatic nitrogens is 4. The van der Waals surface area contributed by atoms with Gasteiger partial charge in [0.15, 0.2) is 10.3 Å². The molecule has 36 heavy (non-hydrogen) atoms. The van der Waals surface area contributed by atoms with E-state index in [0.717, 1.165) is 21.8 Å². The standard InChI is InChI=1S/C21H20BrClFN7O5/c1-25-9-16(32)35-10-12-4-3-7-26-19(12)30(2)21(34)36-11-31-28-17(18(22)29-31)20(33)27-15-6-5-13(24)8-14(15)23/h3-8,25H,9-11H2,1-2H3,(H,27,33). The minimum absolute atomic E-state index is 0.00881. The van der Waals surface area contributed by atoms with Crippen LogP contribution in [0.1, 0.15) is 16.1 Å². The quantitative estimate of drug-likeness (QED) is 0.363. The number of anilines is 2. The molecule has 0 spiro atoms. The van der Waals surface area contributed by atoms with Crippen molar-refractivity contribution in [2.45, 2.75) is 13.3 Å². The van der Waals surface area contributed by atoms with Gasteiger partial charge in [0.25, 0.3) is 5.91 Å². The summed E-state index contributed by atoms with van der Waals surface area (Å²) < 4.78 is 23.7. The molecule has 12 nitrogen and oxygen atoms in total. The Morgan fingerprint density at radius 3 is 2.72 bits per heavy atom. The van der Waals surface area contributed by atoms with Gasteiger partial charge >= 0.3 is 12.1 Å². The number of halogens is 3. The SMILES string of the molecule is CNCC(=O)OCc1cccnc1N(C)C(=O)OCn1nc(Br)c(C(=O)Nc2ccc(F)cc2Cl)n1. The number of likely N-dealkylation sites (N-methyl/N-ethyl adjacent to an activating group) is 1. The van der Waals surface area contributed by atoms with E-state index in [4.69, 9.17) is 21.1 Å². The predicted molar refractivity (Wildman–Crippen MR) is 130 cm³/mol. The number of nitrogens with zero attached hydrogens (tertiary/aromatic N) is 5. The van der Waals surface area contributed by atoms with Crippen LogP contribution in [0.25, 0.3) is 0 Å². The molecule has 2 amide bonds. The number of nitrogens with one attached hydrogen (secondary N) is 2. The van der Waals surface area contributed by atoms with Crippen molar-refractivity contribution < 1.29 is 28.2 Å². The van der Waals surface area contributed by atoms with Gasteiger partial charge in [-0.1, -0.05) is 17.7 Å². The van der Waals surface area contributed by atoms with E-state index in [-0.39, 0.29) is 40.0 Å². The Morgan fingerprint density at radius 1 is 1.22 bits per heavy atom. The van der Waals surface area contributed by atoms with Crippen molar-refractivity contribution in [3.8, 4) is 0 Å². The molecule has 0 bridgehead atoms. The summed E-state index contributed by atoms with van der Waals surface area (Å²) in [5.41, 5.74) is 0.551. The van der Waals surface area contributed by atoms with Gasteiger partial charge in [-0.15, -0.1) is 15.0 Å². The number of rotatable bonds is 9. The Labute approximate surface area is 217 Å². The first-order chi connectivity index (χ1) is 17.2. The maximum atomic E-state index is 13.2. The highest BCUT2D eigenvalue weighted by atomic mass is 79.9. The van der Waals surface area contributed by atoms with E-state index in [1.54, 1.807) is 19.2 Å². The van der Waals surface area contributed by atoms with Crippen molar-refractivity contribution in [3.05, 3.63) is 63.2 Å². The summed E-state index contributed by atoms with van der Waals surface area (Å²) in [7, 11) is 3.05. The number of esters is 1. The maximum absolute atomic E-state index is 13.2. The van der Waals surface area contributed by atoms with Crippen molar-refractivity contribution in [2.24, 2.45) is 0 Å². The first-order valence-corrected chi connectivity index (χ1v) is 11.4. The lowest BCUT2D eigenvalue weighted by molar-refractivity contribution is -0.143. The summed E-state index contributed by atoms with van der Waals surface area (Å²) >= 11 is 9.06. The first kappa shape index (κ1) is 27.0.